The Bertz CT molecular complexity index is 372. The molecular weight excluding hydrogens is 229 g/mol. The second-order valence-electron chi connectivity index (χ2n) is 3.96. The molecule has 1 aromatic carbocycles. The quantitative estimate of drug-likeness (QED) is 0.859. The van der Waals surface area contributed by atoms with Gasteiger partial charge in [-0.3, -0.25) is 0 Å². The van der Waals surface area contributed by atoms with Crippen molar-refractivity contribution in [2.24, 2.45) is 0 Å². The molecule has 1 saturated carbocycles. The van der Waals surface area contributed by atoms with E-state index in [1.54, 1.807) is 6.07 Å². The molecule has 0 spiro atoms. The van der Waals surface area contributed by atoms with Crippen molar-refractivity contribution in [3.63, 3.8) is 0 Å². The summed E-state index contributed by atoms with van der Waals surface area (Å²) >= 11 is 5.96. The number of halogens is 2. The third-order valence-corrected chi connectivity index (χ3v) is 3.10. The van der Waals surface area contributed by atoms with Crippen LogP contribution >= 0.6 is 11.6 Å². The van der Waals surface area contributed by atoms with Gasteiger partial charge in [0.2, 0.25) is 0 Å². The van der Waals surface area contributed by atoms with Gasteiger partial charge in [-0.05, 0) is 31.7 Å². The van der Waals surface area contributed by atoms with Crippen LogP contribution in [0.2, 0.25) is 5.02 Å². The molecule has 0 aromatic heterocycles. The second-order valence-corrected chi connectivity index (χ2v) is 4.39. The molecule has 0 aliphatic heterocycles. The van der Waals surface area contributed by atoms with Crippen molar-refractivity contribution in [1.82, 2.24) is 5.32 Å². The normalized spacial score (nSPS) is 23.2. The molecule has 2 unspecified atom stereocenters. The number of likely N-dealkylation sites (N-methyl/N-ethyl adjacent to an activating group) is 1. The molecule has 0 radical (unpaired) electrons. The molecule has 2 nitrogen and oxygen atoms in total. The van der Waals surface area contributed by atoms with Gasteiger partial charge in [0.25, 0.3) is 0 Å². The Balaban J connectivity index is 2.16. The zero-order valence-corrected chi connectivity index (χ0v) is 9.93. The molecule has 2 atom stereocenters. The van der Waals surface area contributed by atoms with Crippen LogP contribution in [-0.4, -0.2) is 26.4 Å². The van der Waals surface area contributed by atoms with E-state index in [-0.39, 0.29) is 6.61 Å². The Morgan fingerprint density at radius 3 is 3.00 bits per heavy atom. The molecular formula is C12H15ClFNO. The van der Waals surface area contributed by atoms with Crippen molar-refractivity contribution >= 4 is 11.6 Å². The molecule has 0 bridgehead atoms. The summed E-state index contributed by atoms with van der Waals surface area (Å²) < 4.78 is 17.5. The molecule has 4 heteroatoms. The molecule has 88 valence electrons. The van der Waals surface area contributed by atoms with Gasteiger partial charge in [-0.1, -0.05) is 11.6 Å². The van der Waals surface area contributed by atoms with E-state index in [1.807, 2.05) is 19.2 Å². The molecule has 1 aromatic rings. The highest BCUT2D eigenvalue weighted by Crippen LogP contribution is 2.45. The van der Waals surface area contributed by atoms with Gasteiger partial charge < -0.3 is 10.1 Å². The first-order chi connectivity index (χ1) is 7.76. The predicted molar refractivity (Wildman–Crippen MR) is 63.1 cm³/mol. The average molecular weight is 244 g/mol. The van der Waals surface area contributed by atoms with Crippen LogP contribution in [0.1, 0.15) is 17.9 Å². The molecule has 0 amide bonds. The van der Waals surface area contributed by atoms with E-state index in [2.05, 4.69) is 5.32 Å². The maximum absolute atomic E-state index is 12.1. The summed E-state index contributed by atoms with van der Waals surface area (Å²) in [5, 5.41) is 3.92. The summed E-state index contributed by atoms with van der Waals surface area (Å²) in [6.45, 7) is -0.367. The maximum atomic E-state index is 12.1. The van der Waals surface area contributed by atoms with E-state index in [4.69, 9.17) is 16.3 Å². The molecule has 0 heterocycles. The van der Waals surface area contributed by atoms with Gasteiger partial charge in [0.15, 0.2) is 0 Å². The van der Waals surface area contributed by atoms with E-state index in [0.717, 1.165) is 17.7 Å². The molecule has 1 fully saturated rings. The number of ether oxygens (including phenoxy) is 1. The van der Waals surface area contributed by atoms with E-state index < -0.39 is 6.67 Å². The number of alkyl halides is 1. The van der Waals surface area contributed by atoms with Crippen LogP contribution in [0.3, 0.4) is 0 Å². The molecule has 1 N–H and O–H groups in total. The first-order valence-electron chi connectivity index (χ1n) is 5.41. The lowest BCUT2D eigenvalue weighted by Crippen LogP contribution is -2.11. The summed E-state index contributed by atoms with van der Waals surface area (Å²) in [5.74, 6) is 1.20. The predicted octanol–water partition coefficient (Wildman–Crippen LogP) is 2.76. The minimum Gasteiger partial charge on any atom is -0.491 e. The number of hydrogen-bond donors (Lipinski definition) is 1. The van der Waals surface area contributed by atoms with E-state index >= 15 is 0 Å². The fraction of sp³-hybridized carbons (Fsp3) is 0.500. The average Bonchev–Trinajstić information content (AvgIpc) is 3.06. The van der Waals surface area contributed by atoms with Gasteiger partial charge in [-0.2, -0.15) is 0 Å². The zero-order valence-electron chi connectivity index (χ0n) is 9.17. The van der Waals surface area contributed by atoms with Gasteiger partial charge in [-0.25, -0.2) is 4.39 Å². The first kappa shape index (κ1) is 11.7. The first-order valence-corrected chi connectivity index (χ1v) is 5.79. The highest BCUT2D eigenvalue weighted by Gasteiger charge is 2.38. The smallest absolute Gasteiger partial charge is 0.123 e. The number of benzene rings is 1. The fourth-order valence-electron chi connectivity index (χ4n) is 1.95. The zero-order chi connectivity index (χ0) is 11.5. The lowest BCUT2D eigenvalue weighted by molar-refractivity contribution is 0.271. The van der Waals surface area contributed by atoms with Crippen LogP contribution in [-0.2, 0) is 0 Å². The number of rotatable bonds is 5. The molecule has 2 rings (SSSR count). The Morgan fingerprint density at radius 1 is 1.56 bits per heavy atom. The maximum Gasteiger partial charge on any atom is 0.123 e. The van der Waals surface area contributed by atoms with Crippen LogP contribution in [0.4, 0.5) is 4.39 Å². The number of hydrogen-bond acceptors (Lipinski definition) is 2. The van der Waals surface area contributed by atoms with Crippen molar-refractivity contribution in [3.05, 3.63) is 28.8 Å². The van der Waals surface area contributed by atoms with Gasteiger partial charge >= 0.3 is 0 Å². The van der Waals surface area contributed by atoms with Crippen molar-refractivity contribution in [3.8, 4) is 5.75 Å². The van der Waals surface area contributed by atoms with Crippen molar-refractivity contribution < 1.29 is 9.13 Å². The molecule has 16 heavy (non-hydrogen) atoms. The minimum atomic E-state index is -0.470. The largest absolute Gasteiger partial charge is 0.491 e. The van der Waals surface area contributed by atoms with E-state index in [9.17, 15) is 4.39 Å². The third kappa shape index (κ3) is 2.47. The lowest BCUT2D eigenvalue weighted by Gasteiger charge is -2.10. The minimum absolute atomic E-state index is 0.103. The Morgan fingerprint density at radius 2 is 2.38 bits per heavy atom. The topological polar surface area (TPSA) is 21.3 Å². The Kier molecular flexibility index (Phi) is 3.66. The van der Waals surface area contributed by atoms with Crippen LogP contribution in [0.15, 0.2) is 18.2 Å². The van der Waals surface area contributed by atoms with Crippen molar-refractivity contribution in [1.29, 1.82) is 0 Å². The molecule has 1 aliphatic rings. The van der Waals surface area contributed by atoms with Crippen LogP contribution in [0, 0.1) is 0 Å². The van der Waals surface area contributed by atoms with E-state index in [0.29, 0.717) is 17.0 Å². The van der Waals surface area contributed by atoms with Gasteiger partial charge in [-0.15, -0.1) is 0 Å². The summed E-state index contributed by atoms with van der Waals surface area (Å²) in [6.07, 6.45) is 1.09. The summed E-state index contributed by atoms with van der Waals surface area (Å²) in [5.41, 5.74) is 1.08. The monoisotopic (exact) mass is 243 g/mol. The lowest BCUT2D eigenvalue weighted by atomic mass is 10.1. The second kappa shape index (κ2) is 5.02. The number of nitrogens with one attached hydrogen (secondary N) is 1. The van der Waals surface area contributed by atoms with Gasteiger partial charge in [0.1, 0.15) is 19.0 Å². The molecule has 1 aliphatic carbocycles. The third-order valence-electron chi connectivity index (χ3n) is 2.87. The van der Waals surface area contributed by atoms with Crippen LogP contribution in [0.5, 0.6) is 5.75 Å². The SMILES string of the molecule is CNC1CC1c1cc(Cl)ccc1OCCF. The standard InChI is InChI=1S/C12H15ClFNO/c1-15-11-7-9(11)10-6-8(13)2-3-12(10)16-5-4-14/h2-3,6,9,11,15H,4-5,7H2,1H3. The van der Waals surface area contributed by atoms with E-state index in [1.165, 1.54) is 0 Å². The fourth-order valence-corrected chi connectivity index (χ4v) is 2.13. The highest BCUT2D eigenvalue weighted by atomic mass is 35.5. The Labute approximate surface area is 99.7 Å². The van der Waals surface area contributed by atoms with Gasteiger partial charge in [0, 0.05) is 22.5 Å². The summed E-state index contributed by atoms with van der Waals surface area (Å²) in [7, 11) is 1.94. The summed E-state index contributed by atoms with van der Waals surface area (Å²) in [6, 6.07) is 6.00. The van der Waals surface area contributed by atoms with Crippen LogP contribution in [0.25, 0.3) is 0 Å². The Hall–Kier alpha value is -0.800. The highest BCUT2D eigenvalue weighted by molar-refractivity contribution is 6.30. The van der Waals surface area contributed by atoms with Gasteiger partial charge in [0.05, 0.1) is 0 Å². The van der Waals surface area contributed by atoms with Crippen molar-refractivity contribution in [2.45, 2.75) is 18.4 Å². The van der Waals surface area contributed by atoms with Crippen LogP contribution < -0.4 is 10.1 Å². The summed E-state index contributed by atoms with van der Waals surface area (Å²) in [4.78, 5) is 0. The van der Waals surface area contributed by atoms with Crippen molar-refractivity contribution in [2.75, 3.05) is 20.3 Å². The molecule has 0 saturated heterocycles.